The van der Waals surface area contributed by atoms with Crippen molar-refractivity contribution in [3.8, 4) is 17.1 Å². The molecular formula is C21H21N5O2. The van der Waals surface area contributed by atoms with Gasteiger partial charge in [0.05, 0.1) is 11.9 Å². The molecule has 3 heterocycles. The molecule has 1 fully saturated rings. The zero-order valence-electron chi connectivity index (χ0n) is 15.5. The van der Waals surface area contributed by atoms with Crippen molar-refractivity contribution < 1.29 is 4.42 Å². The summed E-state index contributed by atoms with van der Waals surface area (Å²) >= 11 is 0. The van der Waals surface area contributed by atoms with Gasteiger partial charge >= 0.3 is 5.69 Å². The molecule has 1 aromatic carbocycles. The van der Waals surface area contributed by atoms with Gasteiger partial charge in [-0.15, -0.1) is 0 Å². The van der Waals surface area contributed by atoms with E-state index >= 15 is 0 Å². The Labute approximate surface area is 161 Å². The minimum atomic E-state index is -0.0874. The van der Waals surface area contributed by atoms with Crippen molar-refractivity contribution in [1.82, 2.24) is 24.1 Å². The number of nitrogens with zero attached hydrogens (tertiary/aromatic N) is 5. The van der Waals surface area contributed by atoms with Crippen molar-refractivity contribution in [3.05, 3.63) is 59.6 Å². The van der Waals surface area contributed by atoms with Crippen LogP contribution >= 0.6 is 0 Å². The highest BCUT2D eigenvalue weighted by molar-refractivity contribution is 5.69. The van der Waals surface area contributed by atoms with Gasteiger partial charge in [-0.25, -0.2) is 24.3 Å². The molecule has 1 aliphatic carbocycles. The van der Waals surface area contributed by atoms with Gasteiger partial charge in [0.25, 0.3) is 0 Å². The maximum Gasteiger partial charge on any atom is 0.336 e. The molecule has 0 aliphatic heterocycles. The summed E-state index contributed by atoms with van der Waals surface area (Å²) in [6.45, 7) is 0.704. The summed E-state index contributed by atoms with van der Waals surface area (Å²) in [5.74, 6) is 1.08. The fourth-order valence-electron chi connectivity index (χ4n) is 4.12. The molecular weight excluding hydrogens is 354 g/mol. The number of imidazole rings is 1. The van der Waals surface area contributed by atoms with Crippen LogP contribution in [0.3, 0.4) is 0 Å². The van der Waals surface area contributed by atoms with E-state index in [9.17, 15) is 4.79 Å². The minimum Gasteiger partial charge on any atom is -0.445 e. The molecule has 7 heteroatoms. The molecule has 0 amide bonds. The smallest absolute Gasteiger partial charge is 0.336 e. The molecule has 142 valence electrons. The number of oxazole rings is 1. The zero-order chi connectivity index (χ0) is 18.9. The number of benzene rings is 1. The average Bonchev–Trinajstić information content (AvgIpc) is 3.37. The maximum atomic E-state index is 13.3. The first-order valence-corrected chi connectivity index (χ1v) is 9.74. The molecule has 0 atom stereocenters. The van der Waals surface area contributed by atoms with Crippen LogP contribution in [0, 0.1) is 5.92 Å². The summed E-state index contributed by atoms with van der Waals surface area (Å²) in [5.41, 5.74) is 2.77. The predicted molar refractivity (Wildman–Crippen MR) is 105 cm³/mol. The fourth-order valence-corrected chi connectivity index (χ4v) is 4.12. The summed E-state index contributed by atoms with van der Waals surface area (Å²) in [5, 5.41) is 0. The van der Waals surface area contributed by atoms with Crippen LogP contribution in [-0.4, -0.2) is 24.1 Å². The molecule has 0 spiro atoms. The molecule has 4 aromatic rings. The average molecular weight is 375 g/mol. The Kier molecular flexibility index (Phi) is 4.27. The van der Waals surface area contributed by atoms with Gasteiger partial charge in [-0.3, -0.25) is 4.57 Å². The molecule has 1 aliphatic rings. The largest absolute Gasteiger partial charge is 0.445 e. The normalized spacial score (nSPS) is 15.3. The van der Waals surface area contributed by atoms with E-state index < -0.39 is 0 Å². The van der Waals surface area contributed by atoms with Gasteiger partial charge in [0.1, 0.15) is 6.26 Å². The Morgan fingerprint density at radius 2 is 1.68 bits per heavy atom. The molecule has 0 unspecified atom stereocenters. The summed E-state index contributed by atoms with van der Waals surface area (Å²) < 4.78 is 8.78. The van der Waals surface area contributed by atoms with Gasteiger partial charge in [-0.1, -0.05) is 19.3 Å². The fraction of sp³-hybridized carbons (Fsp3) is 0.333. The lowest BCUT2D eigenvalue weighted by atomic mass is 9.89. The monoisotopic (exact) mass is 375 g/mol. The van der Waals surface area contributed by atoms with E-state index in [1.54, 1.807) is 34.0 Å². The first kappa shape index (κ1) is 16.9. The lowest BCUT2D eigenvalue weighted by Gasteiger charge is -2.21. The van der Waals surface area contributed by atoms with Gasteiger partial charge in [-0.2, -0.15) is 0 Å². The highest BCUT2D eigenvalue weighted by Crippen LogP contribution is 2.26. The van der Waals surface area contributed by atoms with Crippen molar-refractivity contribution >= 4 is 11.3 Å². The standard InChI is InChI=1S/C21H21N5O2/c27-21-25(14-15-4-2-1-3-5-15)18-19(23-11-10-22-18)26(21)17-8-6-16(7-9-17)20-24-12-13-28-20/h6-13,15H,1-5,14H2. The molecule has 0 N–H and O–H groups in total. The summed E-state index contributed by atoms with van der Waals surface area (Å²) in [6, 6.07) is 7.57. The predicted octanol–water partition coefficient (Wildman–Crippen LogP) is 3.82. The number of rotatable bonds is 4. The van der Waals surface area contributed by atoms with Gasteiger partial charge in [0.2, 0.25) is 5.89 Å². The highest BCUT2D eigenvalue weighted by Gasteiger charge is 2.21. The van der Waals surface area contributed by atoms with Gasteiger partial charge in [0.15, 0.2) is 11.3 Å². The van der Waals surface area contributed by atoms with Crippen LogP contribution in [0.25, 0.3) is 28.4 Å². The number of aromatic nitrogens is 5. The quantitative estimate of drug-likeness (QED) is 0.542. The van der Waals surface area contributed by atoms with Crippen molar-refractivity contribution in [1.29, 1.82) is 0 Å². The lowest BCUT2D eigenvalue weighted by molar-refractivity contribution is 0.318. The molecule has 0 saturated heterocycles. The minimum absolute atomic E-state index is 0.0874. The van der Waals surface area contributed by atoms with Gasteiger partial charge < -0.3 is 4.42 Å². The summed E-state index contributed by atoms with van der Waals surface area (Å²) in [6.07, 6.45) is 12.6. The zero-order valence-corrected chi connectivity index (χ0v) is 15.5. The topological polar surface area (TPSA) is 78.7 Å². The van der Waals surface area contributed by atoms with Crippen LogP contribution in [0.15, 0.2) is 58.3 Å². The Bertz CT molecular complexity index is 1140. The van der Waals surface area contributed by atoms with E-state index in [-0.39, 0.29) is 5.69 Å². The second-order valence-electron chi connectivity index (χ2n) is 7.32. The summed E-state index contributed by atoms with van der Waals surface area (Å²) in [7, 11) is 0. The second-order valence-corrected chi connectivity index (χ2v) is 7.32. The van der Waals surface area contributed by atoms with E-state index in [2.05, 4.69) is 15.0 Å². The Hall–Kier alpha value is -3.22. The van der Waals surface area contributed by atoms with Crippen LogP contribution in [0.2, 0.25) is 0 Å². The first-order chi connectivity index (χ1) is 13.8. The molecule has 5 rings (SSSR count). The van der Waals surface area contributed by atoms with Crippen LogP contribution in [0.5, 0.6) is 0 Å². The molecule has 0 radical (unpaired) electrons. The third-order valence-corrected chi connectivity index (χ3v) is 5.52. The van der Waals surface area contributed by atoms with E-state index in [1.165, 1.54) is 32.1 Å². The van der Waals surface area contributed by atoms with Crippen molar-refractivity contribution in [3.63, 3.8) is 0 Å². The molecule has 1 saturated carbocycles. The molecule has 3 aromatic heterocycles. The first-order valence-electron chi connectivity index (χ1n) is 9.74. The molecule has 0 bridgehead atoms. The van der Waals surface area contributed by atoms with E-state index in [1.807, 2.05) is 24.3 Å². The molecule has 28 heavy (non-hydrogen) atoms. The van der Waals surface area contributed by atoms with E-state index in [0.717, 1.165) is 11.3 Å². The Balaban J connectivity index is 1.57. The van der Waals surface area contributed by atoms with Gasteiger partial charge in [0, 0.05) is 24.5 Å². The molecule has 7 nitrogen and oxygen atoms in total. The SMILES string of the molecule is O=c1n(CC2CCCCC2)c2nccnc2n1-c1ccc(-c2ncco2)cc1. The van der Waals surface area contributed by atoms with Crippen LogP contribution in [0.1, 0.15) is 32.1 Å². The van der Waals surface area contributed by atoms with Crippen LogP contribution < -0.4 is 5.69 Å². The second kappa shape index (κ2) is 7.07. The van der Waals surface area contributed by atoms with Crippen LogP contribution in [-0.2, 0) is 6.54 Å². The third-order valence-electron chi connectivity index (χ3n) is 5.52. The van der Waals surface area contributed by atoms with Crippen molar-refractivity contribution in [2.24, 2.45) is 5.92 Å². The van der Waals surface area contributed by atoms with Gasteiger partial charge in [-0.05, 0) is 43.0 Å². The lowest BCUT2D eigenvalue weighted by Crippen LogP contribution is -2.27. The number of hydrogen-bond donors (Lipinski definition) is 0. The Morgan fingerprint density at radius 1 is 0.929 bits per heavy atom. The maximum absolute atomic E-state index is 13.3. The number of hydrogen-bond acceptors (Lipinski definition) is 5. The third kappa shape index (κ3) is 2.93. The summed E-state index contributed by atoms with van der Waals surface area (Å²) in [4.78, 5) is 26.4. The highest BCUT2D eigenvalue weighted by atomic mass is 16.3. The Morgan fingerprint density at radius 3 is 2.39 bits per heavy atom. The van der Waals surface area contributed by atoms with E-state index in [4.69, 9.17) is 4.42 Å². The van der Waals surface area contributed by atoms with Crippen molar-refractivity contribution in [2.75, 3.05) is 0 Å². The van der Waals surface area contributed by atoms with E-state index in [0.29, 0.717) is 29.6 Å². The van der Waals surface area contributed by atoms with Crippen LogP contribution in [0.4, 0.5) is 0 Å². The number of fused-ring (bicyclic) bond motifs is 1. The van der Waals surface area contributed by atoms with Crippen molar-refractivity contribution in [2.45, 2.75) is 38.6 Å².